The summed E-state index contributed by atoms with van der Waals surface area (Å²) in [5.41, 5.74) is 0. The Morgan fingerprint density at radius 1 is 1.30 bits per heavy atom. The Morgan fingerprint density at radius 3 is 2.85 bits per heavy atom. The van der Waals surface area contributed by atoms with Gasteiger partial charge in [0.1, 0.15) is 0 Å². The van der Waals surface area contributed by atoms with Crippen molar-refractivity contribution < 1.29 is 9.59 Å². The molecule has 0 radical (unpaired) electrons. The highest BCUT2D eigenvalue weighted by Crippen LogP contribution is 2.28. The fourth-order valence-corrected chi connectivity index (χ4v) is 4.33. The molecular formula is C15H26N2O2S. The van der Waals surface area contributed by atoms with Gasteiger partial charge in [0, 0.05) is 24.3 Å². The zero-order valence-electron chi connectivity index (χ0n) is 12.4. The molecule has 1 saturated heterocycles. The molecule has 114 valence electrons. The van der Waals surface area contributed by atoms with Gasteiger partial charge in [-0.2, -0.15) is 11.8 Å². The number of carbonyl (C=O) groups excluding carboxylic acids is 2. The van der Waals surface area contributed by atoms with Crippen molar-refractivity contribution in [3.05, 3.63) is 0 Å². The van der Waals surface area contributed by atoms with E-state index in [0.717, 1.165) is 31.6 Å². The van der Waals surface area contributed by atoms with Gasteiger partial charge < -0.3 is 10.2 Å². The van der Waals surface area contributed by atoms with E-state index in [1.807, 2.05) is 11.8 Å². The lowest BCUT2D eigenvalue weighted by molar-refractivity contribution is -0.138. The molecule has 2 rings (SSSR count). The smallest absolute Gasteiger partial charge is 0.239 e. The summed E-state index contributed by atoms with van der Waals surface area (Å²) in [5, 5.41) is 3.72. The highest BCUT2D eigenvalue weighted by molar-refractivity contribution is 7.99. The fourth-order valence-electron chi connectivity index (χ4n) is 3.13. The molecule has 0 aromatic rings. The lowest BCUT2D eigenvalue weighted by Crippen LogP contribution is -2.49. The number of nitrogens with one attached hydrogen (secondary N) is 1. The van der Waals surface area contributed by atoms with Crippen LogP contribution in [0.25, 0.3) is 0 Å². The topological polar surface area (TPSA) is 49.4 Å². The van der Waals surface area contributed by atoms with Gasteiger partial charge in [-0.15, -0.1) is 0 Å². The van der Waals surface area contributed by atoms with Crippen LogP contribution in [0.3, 0.4) is 0 Å². The lowest BCUT2D eigenvalue weighted by atomic mass is 9.95. The van der Waals surface area contributed by atoms with Crippen LogP contribution in [-0.2, 0) is 9.59 Å². The number of thioether (sulfide) groups is 1. The first kappa shape index (κ1) is 15.7. The van der Waals surface area contributed by atoms with Gasteiger partial charge in [0.2, 0.25) is 11.8 Å². The zero-order chi connectivity index (χ0) is 14.4. The first-order chi connectivity index (χ1) is 9.70. The Morgan fingerprint density at radius 2 is 2.10 bits per heavy atom. The Labute approximate surface area is 126 Å². The summed E-state index contributed by atoms with van der Waals surface area (Å²) < 4.78 is 0. The van der Waals surface area contributed by atoms with Crippen molar-refractivity contribution in [2.45, 2.75) is 63.2 Å². The maximum atomic E-state index is 12.2. The van der Waals surface area contributed by atoms with E-state index in [-0.39, 0.29) is 18.4 Å². The fraction of sp³-hybridized carbons (Fsp3) is 0.867. The van der Waals surface area contributed by atoms with Gasteiger partial charge in [0.05, 0.1) is 6.54 Å². The summed E-state index contributed by atoms with van der Waals surface area (Å²) in [7, 11) is 0. The molecule has 0 aromatic heterocycles. The van der Waals surface area contributed by atoms with Crippen LogP contribution in [0.2, 0.25) is 0 Å². The van der Waals surface area contributed by atoms with E-state index in [1.165, 1.54) is 19.3 Å². The number of amides is 2. The second-order valence-corrected chi connectivity index (χ2v) is 7.24. The van der Waals surface area contributed by atoms with E-state index < -0.39 is 0 Å². The van der Waals surface area contributed by atoms with Crippen LogP contribution in [0.15, 0.2) is 0 Å². The van der Waals surface area contributed by atoms with Gasteiger partial charge in [-0.25, -0.2) is 0 Å². The van der Waals surface area contributed by atoms with E-state index in [2.05, 4.69) is 12.2 Å². The second-order valence-electron chi connectivity index (χ2n) is 5.72. The molecular weight excluding hydrogens is 272 g/mol. The molecule has 5 heteroatoms. The maximum Gasteiger partial charge on any atom is 0.239 e. The molecule has 1 saturated carbocycles. The van der Waals surface area contributed by atoms with Crippen LogP contribution in [0.4, 0.5) is 0 Å². The highest BCUT2D eigenvalue weighted by Gasteiger charge is 2.27. The molecule has 2 amide bonds. The van der Waals surface area contributed by atoms with Gasteiger partial charge in [-0.05, 0) is 31.4 Å². The predicted molar refractivity (Wildman–Crippen MR) is 82.7 cm³/mol. The third kappa shape index (κ3) is 4.40. The third-order valence-electron chi connectivity index (χ3n) is 4.19. The summed E-state index contributed by atoms with van der Waals surface area (Å²) in [4.78, 5) is 25.6. The van der Waals surface area contributed by atoms with Gasteiger partial charge in [-0.1, -0.05) is 19.8 Å². The minimum atomic E-state index is 0.0221. The van der Waals surface area contributed by atoms with Crippen molar-refractivity contribution in [2.75, 3.05) is 18.8 Å². The van der Waals surface area contributed by atoms with E-state index in [1.54, 1.807) is 4.90 Å². The zero-order valence-corrected chi connectivity index (χ0v) is 13.2. The van der Waals surface area contributed by atoms with Crippen molar-refractivity contribution in [3.63, 3.8) is 0 Å². The first-order valence-corrected chi connectivity index (χ1v) is 8.94. The molecule has 0 spiro atoms. The molecule has 0 aromatic carbocycles. The van der Waals surface area contributed by atoms with Gasteiger partial charge >= 0.3 is 0 Å². The minimum Gasteiger partial charge on any atom is -0.351 e. The Bertz CT molecular complexity index is 347. The standard InChI is InChI=1S/C15H26N2O2S/c1-2-20-13-8-4-3-7-12(13)16-14(18)11-17-10-6-5-9-15(17)19/h12-13H,2-11H2,1H3,(H,16,18). The van der Waals surface area contributed by atoms with Crippen LogP contribution in [0.5, 0.6) is 0 Å². The van der Waals surface area contributed by atoms with Crippen molar-refractivity contribution in [2.24, 2.45) is 0 Å². The number of likely N-dealkylation sites (tertiary alicyclic amines) is 1. The number of hydrogen-bond donors (Lipinski definition) is 1. The third-order valence-corrected chi connectivity index (χ3v) is 5.51. The van der Waals surface area contributed by atoms with Crippen LogP contribution in [0.1, 0.15) is 51.9 Å². The van der Waals surface area contributed by atoms with E-state index in [4.69, 9.17) is 0 Å². The van der Waals surface area contributed by atoms with Gasteiger partial charge in [0.15, 0.2) is 0 Å². The number of hydrogen-bond acceptors (Lipinski definition) is 3. The van der Waals surface area contributed by atoms with E-state index >= 15 is 0 Å². The molecule has 2 unspecified atom stereocenters. The number of rotatable bonds is 5. The summed E-state index contributed by atoms with van der Waals surface area (Å²) in [6.07, 6.45) is 7.35. The molecule has 2 fully saturated rings. The maximum absolute atomic E-state index is 12.2. The largest absolute Gasteiger partial charge is 0.351 e. The molecule has 1 N–H and O–H groups in total. The second kappa shape index (κ2) is 7.91. The Hall–Kier alpha value is -0.710. The van der Waals surface area contributed by atoms with E-state index in [0.29, 0.717) is 17.7 Å². The predicted octanol–water partition coefficient (Wildman–Crippen LogP) is 2.18. The average Bonchev–Trinajstić information content (AvgIpc) is 2.44. The van der Waals surface area contributed by atoms with Crippen molar-refractivity contribution in [1.82, 2.24) is 10.2 Å². The van der Waals surface area contributed by atoms with Crippen LogP contribution >= 0.6 is 11.8 Å². The summed E-state index contributed by atoms with van der Waals surface area (Å²) in [6, 6.07) is 0.293. The van der Waals surface area contributed by atoms with Gasteiger partial charge in [0.25, 0.3) is 0 Å². The molecule has 1 heterocycles. The molecule has 2 atom stereocenters. The SMILES string of the molecule is CCSC1CCCCC1NC(=O)CN1CCCCC1=O. The quantitative estimate of drug-likeness (QED) is 0.846. The first-order valence-electron chi connectivity index (χ1n) is 7.89. The van der Waals surface area contributed by atoms with Crippen LogP contribution in [-0.4, -0.2) is 46.8 Å². The summed E-state index contributed by atoms with van der Waals surface area (Å²) in [5.74, 6) is 1.25. The normalized spacial score (nSPS) is 27.4. The number of piperidine rings is 1. The van der Waals surface area contributed by atoms with Gasteiger partial charge in [-0.3, -0.25) is 9.59 Å². The van der Waals surface area contributed by atoms with Crippen molar-refractivity contribution in [3.8, 4) is 0 Å². The lowest BCUT2D eigenvalue weighted by Gasteiger charge is -2.33. The molecule has 2 aliphatic rings. The van der Waals surface area contributed by atoms with Crippen molar-refractivity contribution in [1.29, 1.82) is 0 Å². The summed E-state index contributed by atoms with van der Waals surface area (Å²) >= 11 is 1.95. The highest BCUT2D eigenvalue weighted by atomic mass is 32.2. The molecule has 1 aliphatic carbocycles. The minimum absolute atomic E-state index is 0.0221. The number of carbonyl (C=O) groups is 2. The number of nitrogens with zero attached hydrogens (tertiary/aromatic N) is 1. The van der Waals surface area contributed by atoms with Crippen LogP contribution in [0, 0.1) is 0 Å². The Kier molecular flexibility index (Phi) is 6.20. The summed E-state index contributed by atoms with van der Waals surface area (Å²) in [6.45, 7) is 3.16. The molecule has 0 bridgehead atoms. The molecule has 1 aliphatic heterocycles. The Balaban J connectivity index is 1.81. The van der Waals surface area contributed by atoms with Crippen LogP contribution < -0.4 is 5.32 Å². The molecule has 20 heavy (non-hydrogen) atoms. The average molecular weight is 298 g/mol. The van der Waals surface area contributed by atoms with Crippen molar-refractivity contribution >= 4 is 23.6 Å². The molecule has 4 nitrogen and oxygen atoms in total. The monoisotopic (exact) mass is 298 g/mol. The van der Waals surface area contributed by atoms with E-state index in [9.17, 15) is 9.59 Å².